The maximum Gasteiger partial charge on any atom is 0.339 e. The lowest BCUT2D eigenvalue weighted by molar-refractivity contribution is -0.119. The van der Waals surface area contributed by atoms with Crippen molar-refractivity contribution < 1.29 is 22.7 Å². The number of aromatic nitrogens is 1. The number of amides is 1. The monoisotopic (exact) mass is 543 g/mol. The lowest BCUT2D eigenvalue weighted by Crippen LogP contribution is -2.22. The minimum atomic E-state index is -4.05. The van der Waals surface area contributed by atoms with E-state index in [-0.39, 0.29) is 20.6 Å². The Morgan fingerprint density at radius 2 is 1.61 bits per heavy atom. The summed E-state index contributed by atoms with van der Waals surface area (Å²) in [5.41, 5.74) is 2.92. The van der Waals surface area contributed by atoms with Gasteiger partial charge in [0.1, 0.15) is 0 Å². The quantitative estimate of drug-likeness (QED) is 0.330. The Labute approximate surface area is 217 Å². The molecule has 184 valence electrons. The zero-order valence-electron chi connectivity index (χ0n) is 18.8. The lowest BCUT2D eigenvalue weighted by atomic mass is 9.98. The van der Waals surface area contributed by atoms with Gasteiger partial charge in [0.05, 0.1) is 37.4 Å². The molecule has 0 spiro atoms. The van der Waals surface area contributed by atoms with Gasteiger partial charge < -0.3 is 10.1 Å². The number of hydrogen-bond donors (Lipinski definition) is 2. The van der Waals surface area contributed by atoms with Gasteiger partial charge in [0.25, 0.3) is 5.91 Å². The second-order valence-corrected chi connectivity index (χ2v) is 10.2. The van der Waals surface area contributed by atoms with E-state index in [1.807, 2.05) is 36.4 Å². The van der Waals surface area contributed by atoms with Crippen LogP contribution in [-0.2, 0) is 19.6 Å². The predicted octanol–water partition coefficient (Wildman–Crippen LogP) is 4.96. The van der Waals surface area contributed by atoms with E-state index in [2.05, 4.69) is 5.32 Å². The molecule has 0 aliphatic heterocycles. The standard InChI is InChI=1S/C25H19Cl2N3O5S/c1-14-22(17-9-5-6-10-20(17)29-23(14)15-7-3-2-4-8-15)25(32)35-13-21(31)30-24-18(26)11-16(12-19(24)27)36(28,33)34/h2-12H,13H2,1H3,(H,30,31)(H2,28,33,34). The summed E-state index contributed by atoms with van der Waals surface area (Å²) in [6.45, 7) is 1.13. The Hall–Kier alpha value is -3.50. The van der Waals surface area contributed by atoms with Crippen LogP contribution in [0, 0.1) is 6.92 Å². The number of esters is 1. The van der Waals surface area contributed by atoms with Crippen molar-refractivity contribution in [2.24, 2.45) is 5.14 Å². The fourth-order valence-corrected chi connectivity index (χ4v) is 4.93. The van der Waals surface area contributed by atoms with E-state index in [0.29, 0.717) is 27.7 Å². The fourth-order valence-electron chi connectivity index (χ4n) is 3.66. The molecule has 3 N–H and O–H groups in total. The number of benzene rings is 3. The van der Waals surface area contributed by atoms with Gasteiger partial charge in [-0.1, -0.05) is 71.7 Å². The van der Waals surface area contributed by atoms with Crippen molar-refractivity contribution in [2.75, 3.05) is 11.9 Å². The Morgan fingerprint density at radius 1 is 1.00 bits per heavy atom. The molecule has 0 saturated carbocycles. The first-order chi connectivity index (χ1) is 17.1. The van der Waals surface area contributed by atoms with Crippen LogP contribution in [0.15, 0.2) is 71.6 Å². The average Bonchev–Trinajstić information content (AvgIpc) is 2.84. The third-order valence-corrected chi connectivity index (χ3v) is 6.82. The Bertz CT molecular complexity index is 1590. The Morgan fingerprint density at radius 3 is 2.25 bits per heavy atom. The summed E-state index contributed by atoms with van der Waals surface area (Å²) in [6, 6.07) is 18.7. The van der Waals surface area contributed by atoms with E-state index < -0.39 is 28.5 Å². The molecule has 0 unspecified atom stereocenters. The number of halogens is 2. The van der Waals surface area contributed by atoms with Crippen LogP contribution in [-0.4, -0.2) is 31.9 Å². The van der Waals surface area contributed by atoms with Crippen molar-refractivity contribution >= 4 is 61.7 Å². The minimum Gasteiger partial charge on any atom is -0.452 e. The normalized spacial score (nSPS) is 11.3. The molecule has 0 aliphatic carbocycles. The molecule has 0 atom stereocenters. The van der Waals surface area contributed by atoms with Crippen LogP contribution in [0.5, 0.6) is 0 Å². The summed E-state index contributed by atoms with van der Waals surface area (Å²) in [6.07, 6.45) is 0. The van der Waals surface area contributed by atoms with Crippen molar-refractivity contribution in [1.29, 1.82) is 0 Å². The lowest BCUT2D eigenvalue weighted by Gasteiger charge is -2.15. The van der Waals surface area contributed by atoms with Gasteiger partial charge in [-0.15, -0.1) is 0 Å². The molecule has 36 heavy (non-hydrogen) atoms. The van der Waals surface area contributed by atoms with Crippen LogP contribution in [0.25, 0.3) is 22.2 Å². The minimum absolute atomic E-state index is 0.0383. The van der Waals surface area contributed by atoms with Crippen LogP contribution >= 0.6 is 23.2 Å². The van der Waals surface area contributed by atoms with Gasteiger partial charge in [-0.25, -0.2) is 23.3 Å². The topological polar surface area (TPSA) is 128 Å². The molecule has 0 aliphatic rings. The summed E-state index contributed by atoms with van der Waals surface area (Å²) < 4.78 is 28.4. The molecule has 1 amide bonds. The molecule has 0 fully saturated rings. The van der Waals surface area contributed by atoms with Crippen LogP contribution < -0.4 is 10.5 Å². The molecule has 0 radical (unpaired) electrons. The molecular weight excluding hydrogens is 525 g/mol. The number of ether oxygens (including phenoxy) is 1. The number of primary sulfonamides is 1. The van der Waals surface area contributed by atoms with Gasteiger partial charge in [-0.2, -0.15) is 0 Å². The van der Waals surface area contributed by atoms with Crippen LogP contribution in [0.1, 0.15) is 15.9 Å². The molecular formula is C25H19Cl2N3O5S. The SMILES string of the molecule is Cc1c(-c2ccccc2)nc2ccccc2c1C(=O)OCC(=O)Nc1c(Cl)cc(S(N)(=O)=O)cc1Cl. The van der Waals surface area contributed by atoms with E-state index in [9.17, 15) is 18.0 Å². The van der Waals surface area contributed by atoms with Gasteiger partial charge in [0.15, 0.2) is 6.61 Å². The Kier molecular flexibility index (Phi) is 7.28. The maximum absolute atomic E-state index is 13.1. The van der Waals surface area contributed by atoms with E-state index in [4.69, 9.17) is 38.1 Å². The fraction of sp³-hybridized carbons (Fsp3) is 0.0800. The van der Waals surface area contributed by atoms with Crippen molar-refractivity contribution in [3.05, 3.63) is 87.9 Å². The third kappa shape index (κ3) is 5.34. The molecule has 3 aromatic carbocycles. The molecule has 0 bridgehead atoms. The number of hydrogen-bond acceptors (Lipinski definition) is 6. The second-order valence-electron chi connectivity index (χ2n) is 7.77. The molecule has 4 aromatic rings. The first-order valence-corrected chi connectivity index (χ1v) is 12.8. The van der Waals surface area contributed by atoms with Gasteiger partial charge in [-0.05, 0) is 30.7 Å². The number of carbonyl (C=O) groups excluding carboxylic acids is 2. The number of pyridine rings is 1. The highest BCUT2D eigenvalue weighted by Gasteiger charge is 2.22. The highest BCUT2D eigenvalue weighted by Crippen LogP contribution is 2.33. The molecule has 4 rings (SSSR count). The van der Waals surface area contributed by atoms with Gasteiger partial charge in [-0.3, -0.25) is 4.79 Å². The first kappa shape index (κ1) is 25.6. The summed E-state index contributed by atoms with van der Waals surface area (Å²) >= 11 is 12.1. The average molecular weight is 544 g/mol. The predicted molar refractivity (Wildman–Crippen MR) is 139 cm³/mol. The van der Waals surface area contributed by atoms with Crippen LogP contribution in [0.4, 0.5) is 5.69 Å². The smallest absolute Gasteiger partial charge is 0.339 e. The number of nitrogens with one attached hydrogen (secondary N) is 1. The number of nitrogens with two attached hydrogens (primary N) is 1. The first-order valence-electron chi connectivity index (χ1n) is 10.5. The van der Waals surface area contributed by atoms with Gasteiger partial charge >= 0.3 is 5.97 Å². The van der Waals surface area contributed by atoms with Crippen molar-refractivity contribution in [3.63, 3.8) is 0 Å². The molecule has 0 saturated heterocycles. The maximum atomic E-state index is 13.1. The summed E-state index contributed by atoms with van der Waals surface area (Å²) in [5.74, 6) is -1.44. The number of nitrogens with zero attached hydrogens (tertiary/aromatic N) is 1. The highest BCUT2D eigenvalue weighted by molar-refractivity contribution is 7.89. The molecule has 11 heteroatoms. The number of rotatable bonds is 6. The number of para-hydroxylation sites is 1. The molecule has 1 heterocycles. The Balaban J connectivity index is 1.58. The highest BCUT2D eigenvalue weighted by atomic mass is 35.5. The summed E-state index contributed by atoms with van der Waals surface area (Å²) in [4.78, 5) is 30.1. The third-order valence-electron chi connectivity index (χ3n) is 5.33. The largest absolute Gasteiger partial charge is 0.452 e. The second kappa shape index (κ2) is 10.2. The zero-order chi connectivity index (χ0) is 26.0. The van der Waals surface area contributed by atoms with Crippen LogP contribution in [0.3, 0.4) is 0 Å². The number of sulfonamides is 1. The number of carbonyl (C=O) groups is 2. The van der Waals surface area contributed by atoms with E-state index in [1.165, 1.54) is 0 Å². The van der Waals surface area contributed by atoms with E-state index >= 15 is 0 Å². The van der Waals surface area contributed by atoms with Crippen molar-refractivity contribution in [2.45, 2.75) is 11.8 Å². The van der Waals surface area contributed by atoms with Crippen molar-refractivity contribution in [3.8, 4) is 11.3 Å². The van der Waals surface area contributed by atoms with E-state index in [0.717, 1.165) is 17.7 Å². The van der Waals surface area contributed by atoms with Gasteiger partial charge in [0, 0.05) is 10.9 Å². The number of anilines is 1. The summed E-state index contributed by atoms with van der Waals surface area (Å²) in [7, 11) is -4.05. The number of fused-ring (bicyclic) bond motifs is 1. The molecule has 8 nitrogen and oxygen atoms in total. The van der Waals surface area contributed by atoms with Crippen molar-refractivity contribution in [1.82, 2.24) is 4.98 Å². The molecule has 1 aromatic heterocycles. The summed E-state index contributed by atoms with van der Waals surface area (Å²) in [5, 5.41) is 7.81. The van der Waals surface area contributed by atoms with Gasteiger partial charge in [0.2, 0.25) is 10.0 Å². The van der Waals surface area contributed by atoms with E-state index in [1.54, 1.807) is 25.1 Å². The zero-order valence-corrected chi connectivity index (χ0v) is 21.1. The van der Waals surface area contributed by atoms with Crippen LogP contribution in [0.2, 0.25) is 10.0 Å².